The third-order valence-corrected chi connectivity index (χ3v) is 5.85. The van der Waals surface area contributed by atoms with Crippen LogP contribution in [0.5, 0.6) is 0 Å². The van der Waals surface area contributed by atoms with Crippen molar-refractivity contribution in [3.8, 4) is 0 Å². The van der Waals surface area contributed by atoms with E-state index in [1.54, 1.807) is 26.8 Å². The lowest BCUT2D eigenvalue weighted by Crippen LogP contribution is -2.31. The minimum absolute atomic E-state index is 0.000855. The van der Waals surface area contributed by atoms with Crippen molar-refractivity contribution in [3.63, 3.8) is 0 Å². The maximum absolute atomic E-state index is 14.1. The van der Waals surface area contributed by atoms with Crippen molar-refractivity contribution < 1.29 is 18.7 Å². The Morgan fingerprint density at radius 3 is 2.52 bits per heavy atom. The Hall–Kier alpha value is -2.25. The molecule has 1 amide bonds. The van der Waals surface area contributed by atoms with E-state index in [0.29, 0.717) is 16.3 Å². The van der Waals surface area contributed by atoms with E-state index in [1.165, 1.54) is 23.5 Å². The Kier molecular flexibility index (Phi) is 8.00. The number of anilines is 1. The molecule has 1 unspecified atom stereocenters. The van der Waals surface area contributed by atoms with Gasteiger partial charge in [-0.05, 0) is 52.3 Å². The van der Waals surface area contributed by atoms with Crippen molar-refractivity contribution in [2.75, 3.05) is 5.32 Å². The number of carbonyl (C=O) groups excluding carboxylic acids is 2. The molecule has 3 rings (SSSR count). The quantitative estimate of drug-likeness (QED) is 0.558. The van der Waals surface area contributed by atoms with Crippen LogP contribution in [0.25, 0.3) is 0 Å². The predicted molar refractivity (Wildman–Crippen MR) is 125 cm³/mol. The number of esters is 1. The number of fused-ring (bicyclic) bond motifs is 1. The molecule has 5 nitrogen and oxygen atoms in total. The van der Waals surface area contributed by atoms with Gasteiger partial charge in [0.1, 0.15) is 22.5 Å². The molecular weight excluding hydrogens is 439 g/mol. The van der Waals surface area contributed by atoms with Gasteiger partial charge in [-0.2, -0.15) is 0 Å². The van der Waals surface area contributed by atoms with Gasteiger partial charge in [0.2, 0.25) is 5.91 Å². The monoisotopic (exact) mass is 466 g/mol. The summed E-state index contributed by atoms with van der Waals surface area (Å²) in [6.07, 6.45) is -0.213. The lowest BCUT2D eigenvalue weighted by molar-refractivity contribution is -0.155. The predicted octanol–water partition coefficient (Wildman–Crippen LogP) is 6.07. The fourth-order valence-electron chi connectivity index (χ4n) is 3.02. The van der Waals surface area contributed by atoms with Crippen LogP contribution in [0.4, 0.5) is 9.39 Å². The van der Waals surface area contributed by atoms with Gasteiger partial charge in [-0.15, -0.1) is 11.3 Å². The van der Waals surface area contributed by atoms with Gasteiger partial charge < -0.3 is 10.1 Å². The smallest absolute Gasteiger partial charge is 0.309 e. The molecule has 0 saturated carbocycles. The highest BCUT2D eigenvalue weighted by Crippen LogP contribution is 2.37. The molecule has 1 atom stereocenters. The number of nitrogens with one attached hydrogen (secondary N) is 1. The fourth-order valence-corrected chi connectivity index (χ4v) is 4.20. The van der Waals surface area contributed by atoms with E-state index in [-0.39, 0.29) is 11.4 Å². The van der Waals surface area contributed by atoms with Gasteiger partial charge in [-0.3, -0.25) is 14.6 Å². The Balaban J connectivity index is 0.00000166. The Morgan fingerprint density at radius 2 is 1.94 bits per heavy atom. The van der Waals surface area contributed by atoms with E-state index in [0.717, 1.165) is 16.0 Å². The van der Waals surface area contributed by atoms with Crippen molar-refractivity contribution in [1.29, 1.82) is 0 Å². The molecule has 8 heteroatoms. The molecular formula is C23H28ClFN2O3S. The summed E-state index contributed by atoms with van der Waals surface area (Å²) in [4.78, 5) is 30.7. The number of thiophene rings is 1. The molecule has 168 valence electrons. The number of ether oxygens (including phenoxy) is 1. The second-order valence-corrected chi connectivity index (χ2v) is 9.52. The molecule has 1 aromatic heterocycles. The first kappa shape index (κ1) is 25.0. The average Bonchev–Trinajstić information content (AvgIpc) is 2.86. The first-order valence-corrected chi connectivity index (χ1v) is 11.3. The van der Waals surface area contributed by atoms with Crippen LogP contribution in [0.2, 0.25) is 5.02 Å². The number of hydrogen-bond acceptors (Lipinski definition) is 5. The highest BCUT2D eigenvalue weighted by Gasteiger charge is 2.32. The van der Waals surface area contributed by atoms with E-state index >= 15 is 0 Å². The molecule has 1 aromatic carbocycles. The Bertz CT molecular complexity index is 1020. The van der Waals surface area contributed by atoms with E-state index in [2.05, 4.69) is 10.3 Å². The first-order valence-electron chi connectivity index (χ1n) is 10.1. The summed E-state index contributed by atoms with van der Waals surface area (Å²) < 4.78 is 19.5. The van der Waals surface area contributed by atoms with Crippen LogP contribution in [0.1, 0.15) is 62.6 Å². The molecule has 0 saturated heterocycles. The molecule has 0 fully saturated rings. The van der Waals surface area contributed by atoms with Gasteiger partial charge in [0, 0.05) is 16.0 Å². The van der Waals surface area contributed by atoms with Gasteiger partial charge in [0.05, 0.1) is 17.2 Å². The lowest BCUT2D eigenvalue weighted by atomic mass is 9.99. The summed E-state index contributed by atoms with van der Waals surface area (Å²) in [6, 6.07) is 3.41. The molecule has 0 bridgehead atoms. The van der Waals surface area contributed by atoms with Crippen LogP contribution >= 0.6 is 22.9 Å². The van der Waals surface area contributed by atoms with Crippen LogP contribution in [-0.4, -0.2) is 29.2 Å². The minimum atomic E-state index is -0.988. The van der Waals surface area contributed by atoms with Gasteiger partial charge in [-0.25, -0.2) is 4.39 Å². The number of carbonyl (C=O) groups is 2. The Morgan fingerprint density at radius 1 is 1.29 bits per heavy atom. The highest BCUT2D eigenvalue weighted by atomic mass is 35.5. The Labute approximate surface area is 191 Å². The average molecular weight is 467 g/mol. The van der Waals surface area contributed by atoms with Crippen molar-refractivity contribution in [1.82, 2.24) is 0 Å². The SMILES string of the molecule is CC.Cc1sc2c(c1C)C(c1ccc(Cl)c(F)c1)=NC(CC(=O)OC(C)(C)C)C(=O)N2. The largest absolute Gasteiger partial charge is 0.460 e. The topological polar surface area (TPSA) is 67.8 Å². The number of aliphatic imine (C=N–C) groups is 1. The molecule has 1 N–H and O–H groups in total. The van der Waals surface area contributed by atoms with Gasteiger partial charge >= 0.3 is 5.97 Å². The standard InChI is InChI=1S/C21H22ClFN2O3S.C2H6/c1-10-11(2)29-20-17(10)18(12-6-7-13(22)14(23)8-12)24-15(19(27)25-20)9-16(26)28-21(3,4)5;1-2/h6-8,15H,9H2,1-5H3,(H,25,27);1-2H3. The second-order valence-electron chi connectivity index (χ2n) is 7.89. The van der Waals surface area contributed by atoms with Gasteiger partial charge in [0.15, 0.2) is 0 Å². The van der Waals surface area contributed by atoms with Crippen LogP contribution in [0.3, 0.4) is 0 Å². The van der Waals surface area contributed by atoms with Gasteiger partial charge in [-0.1, -0.05) is 31.5 Å². The van der Waals surface area contributed by atoms with Crippen LogP contribution < -0.4 is 5.32 Å². The number of halogens is 2. The maximum atomic E-state index is 14.1. The number of aryl methyl sites for hydroxylation is 1. The van der Waals surface area contributed by atoms with E-state index in [1.807, 2.05) is 27.7 Å². The minimum Gasteiger partial charge on any atom is -0.460 e. The summed E-state index contributed by atoms with van der Waals surface area (Å²) in [6.45, 7) is 13.1. The fraction of sp³-hybridized carbons (Fsp3) is 0.435. The lowest BCUT2D eigenvalue weighted by Gasteiger charge is -2.20. The summed E-state index contributed by atoms with van der Waals surface area (Å²) in [5, 5.41) is 3.50. The third-order valence-electron chi connectivity index (χ3n) is 4.42. The maximum Gasteiger partial charge on any atom is 0.309 e. The van der Waals surface area contributed by atoms with Gasteiger partial charge in [0.25, 0.3) is 0 Å². The van der Waals surface area contributed by atoms with E-state index in [4.69, 9.17) is 16.3 Å². The van der Waals surface area contributed by atoms with E-state index < -0.39 is 29.3 Å². The van der Waals surface area contributed by atoms with E-state index in [9.17, 15) is 14.0 Å². The molecule has 1 aliphatic heterocycles. The number of rotatable bonds is 3. The van der Waals surface area contributed by atoms with Crippen LogP contribution in [0.15, 0.2) is 23.2 Å². The molecule has 2 aromatic rings. The summed E-state index contributed by atoms with van der Waals surface area (Å²) in [5.41, 5.74) is 1.94. The highest BCUT2D eigenvalue weighted by molar-refractivity contribution is 7.17. The number of benzene rings is 1. The zero-order valence-electron chi connectivity index (χ0n) is 18.9. The summed E-state index contributed by atoms with van der Waals surface area (Å²) >= 11 is 7.25. The van der Waals surface area contributed by atoms with Crippen molar-refractivity contribution in [2.24, 2.45) is 4.99 Å². The second kappa shape index (κ2) is 9.92. The molecule has 0 radical (unpaired) electrons. The molecule has 2 heterocycles. The third kappa shape index (κ3) is 5.92. The summed E-state index contributed by atoms with van der Waals surface area (Å²) in [5.74, 6) is -1.51. The zero-order chi connectivity index (χ0) is 23.5. The molecule has 0 aliphatic carbocycles. The number of nitrogens with zero attached hydrogens (tertiary/aromatic N) is 1. The van der Waals surface area contributed by atoms with Crippen molar-refractivity contribution in [2.45, 2.75) is 66.5 Å². The van der Waals surface area contributed by atoms with Crippen molar-refractivity contribution >= 4 is 45.5 Å². The molecule has 1 aliphatic rings. The van der Waals surface area contributed by atoms with Crippen LogP contribution in [-0.2, 0) is 14.3 Å². The molecule has 31 heavy (non-hydrogen) atoms. The van der Waals surface area contributed by atoms with Crippen LogP contribution in [0, 0.1) is 19.7 Å². The first-order chi connectivity index (χ1) is 14.5. The molecule has 0 spiro atoms. The zero-order valence-corrected chi connectivity index (χ0v) is 20.4. The number of amides is 1. The van der Waals surface area contributed by atoms with Crippen molar-refractivity contribution in [3.05, 3.63) is 50.6 Å². The summed E-state index contributed by atoms with van der Waals surface area (Å²) in [7, 11) is 0. The normalized spacial score (nSPS) is 15.7. The number of hydrogen-bond donors (Lipinski definition) is 1.